The Hall–Kier alpha value is -1.74. The van der Waals surface area contributed by atoms with Crippen molar-refractivity contribution >= 4 is 25.0 Å². The summed E-state index contributed by atoms with van der Waals surface area (Å²) in [5.41, 5.74) is 2.38. The lowest BCUT2D eigenvalue weighted by molar-refractivity contribution is 0.0671. The Labute approximate surface area is 450 Å². The van der Waals surface area contributed by atoms with E-state index in [0.29, 0.717) is 45.5 Å². The summed E-state index contributed by atoms with van der Waals surface area (Å²) in [5, 5.41) is 14.0. The Morgan fingerprint density at radius 2 is 0.944 bits per heavy atom. The van der Waals surface area contributed by atoms with Gasteiger partial charge in [-0.05, 0) is 164 Å². The highest BCUT2D eigenvalue weighted by atomic mass is 15.1. The highest BCUT2D eigenvalue weighted by molar-refractivity contribution is 5.79. The summed E-state index contributed by atoms with van der Waals surface area (Å²) in [5.74, 6) is 8.72. The summed E-state index contributed by atoms with van der Waals surface area (Å²) in [4.78, 5) is 17.4. The van der Waals surface area contributed by atoms with Gasteiger partial charge in [-0.3, -0.25) is 15.0 Å². The van der Waals surface area contributed by atoms with E-state index < -0.39 is 0 Å². The molecule has 0 aliphatic carbocycles. The maximum absolute atomic E-state index is 4.65. The predicted molar refractivity (Wildman–Crippen MR) is 325 cm³/mol. The number of rotatable bonds is 12. The second kappa shape index (κ2) is 32.1. The van der Waals surface area contributed by atoms with Gasteiger partial charge in [-0.2, -0.15) is 0 Å². The lowest BCUT2D eigenvalue weighted by Gasteiger charge is -2.45. The average molecular weight is 1010 g/mol. The van der Waals surface area contributed by atoms with Crippen molar-refractivity contribution in [2.24, 2.45) is 113 Å². The fourth-order valence-corrected chi connectivity index (χ4v) is 13.7. The Kier molecular flexibility index (Phi) is 30.4. The lowest BCUT2D eigenvalue weighted by atomic mass is 9.63. The third-order valence-electron chi connectivity index (χ3n) is 20.4. The van der Waals surface area contributed by atoms with Crippen molar-refractivity contribution in [3.63, 3.8) is 0 Å². The van der Waals surface area contributed by atoms with Crippen molar-refractivity contribution < 1.29 is 0 Å². The van der Waals surface area contributed by atoms with Gasteiger partial charge in [0.1, 0.15) is 6.34 Å². The molecule has 0 unspecified atom stereocenters. The van der Waals surface area contributed by atoms with Crippen LogP contribution in [-0.4, -0.2) is 88.5 Å². The first-order chi connectivity index (χ1) is 33.6. The molecule has 8 heteroatoms. The Morgan fingerprint density at radius 1 is 0.444 bits per heavy atom. The molecule has 0 aromatic carbocycles. The van der Waals surface area contributed by atoms with E-state index in [4.69, 9.17) is 0 Å². The third-order valence-corrected chi connectivity index (χ3v) is 20.4. The SMILES string of the molecule is CC(C)C1(C(C)C)C=NC=NC1.CC(C)C1(C(C)C)CC=CC=N1.CC(C)C1(C(C)C)CC=NCC1.CC(C)C1(C(C)C)CCCCN1.CC(C)C1(C(C)C)CCNCC1.CC(C)C1(C(C)C)CNCNC1. The topological polar surface area (TPSA) is 97.6 Å². The summed E-state index contributed by atoms with van der Waals surface area (Å²) in [6.45, 7) is 64.5. The van der Waals surface area contributed by atoms with Crippen LogP contribution in [0, 0.1) is 92.7 Å². The second-order valence-electron chi connectivity index (χ2n) is 27.1. The molecular weight excluding hydrogens is 881 g/mol. The van der Waals surface area contributed by atoms with Gasteiger partial charge in [0.25, 0.3) is 0 Å². The normalized spacial score (nSPS) is 22.4. The van der Waals surface area contributed by atoms with Crippen LogP contribution in [0.15, 0.2) is 32.1 Å². The maximum Gasteiger partial charge on any atom is 0.109 e. The molecule has 0 aromatic heterocycles. The van der Waals surface area contributed by atoms with Gasteiger partial charge in [-0.1, -0.05) is 179 Å². The van der Waals surface area contributed by atoms with Crippen molar-refractivity contribution in [3.8, 4) is 0 Å². The van der Waals surface area contributed by atoms with Crippen LogP contribution in [0.4, 0.5) is 0 Å². The molecule has 0 spiro atoms. The third kappa shape index (κ3) is 18.2. The van der Waals surface area contributed by atoms with Gasteiger partial charge in [-0.15, -0.1) is 0 Å². The molecule has 0 bridgehead atoms. The minimum Gasteiger partial charge on any atom is -0.317 e. The predicted octanol–water partition coefficient (Wildman–Crippen LogP) is 15.5. The first-order valence-electron chi connectivity index (χ1n) is 30.1. The monoisotopic (exact) mass is 1010 g/mol. The molecule has 3 saturated heterocycles. The first kappa shape index (κ1) is 68.3. The van der Waals surface area contributed by atoms with Crippen molar-refractivity contribution in [1.82, 2.24) is 21.3 Å². The zero-order valence-corrected chi connectivity index (χ0v) is 52.5. The van der Waals surface area contributed by atoms with Crippen molar-refractivity contribution in [3.05, 3.63) is 12.2 Å². The number of aliphatic imine (C=N–C) groups is 4. The molecule has 0 saturated carbocycles. The molecule has 6 aliphatic rings. The number of nitrogens with one attached hydrogen (secondary N) is 4. The molecule has 0 aromatic rings. The van der Waals surface area contributed by atoms with Gasteiger partial charge in [0.05, 0.1) is 12.1 Å². The Bertz CT molecular complexity index is 1390. The van der Waals surface area contributed by atoms with Crippen LogP contribution in [0.2, 0.25) is 0 Å². The van der Waals surface area contributed by atoms with Crippen molar-refractivity contribution in [1.29, 1.82) is 0 Å². The van der Waals surface area contributed by atoms with Crippen LogP contribution in [0.1, 0.15) is 218 Å². The Morgan fingerprint density at radius 3 is 1.19 bits per heavy atom. The summed E-state index contributed by atoms with van der Waals surface area (Å²) >= 11 is 0. The highest BCUT2D eigenvalue weighted by Crippen LogP contribution is 2.45. The van der Waals surface area contributed by atoms with Gasteiger partial charge in [0.2, 0.25) is 0 Å². The molecule has 422 valence electrons. The minimum absolute atomic E-state index is 0.161. The first-order valence-corrected chi connectivity index (χ1v) is 30.1. The molecule has 0 atom stereocenters. The Balaban J connectivity index is 0.000000432. The number of nitrogens with zero attached hydrogens (tertiary/aromatic N) is 4. The van der Waals surface area contributed by atoms with E-state index in [1.807, 2.05) is 12.3 Å². The van der Waals surface area contributed by atoms with Crippen LogP contribution >= 0.6 is 0 Å². The van der Waals surface area contributed by atoms with E-state index in [1.54, 1.807) is 6.34 Å². The fraction of sp³-hybridized carbons (Fsp3) is 0.906. The number of hydrogen-bond donors (Lipinski definition) is 4. The molecule has 8 nitrogen and oxygen atoms in total. The number of allylic oxidation sites excluding steroid dienone is 1. The molecular formula is C64H126N8. The molecule has 0 radical (unpaired) electrons. The number of hydrogen-bond acceptors (Lipinski definition) is 8. The van der Waals surface area contributed by atoms with Crippen LogP contribution < -0.4 is 21.3 Å². The molecule has 0 amide bonds. The standard InChI is InChI=1S/C11H23N.C11H21N.C11H23N.C11H19N.C10H22N2.C10H18N2/c2*1-9(2)11(10(3)4)5-7-12-8-6-11;2*1-9(2)11(10(3)4)7-5-6-8-12-11;2*1-8(2)10(9(3)4)5-11-7-12-6-10/h9-10,12H,5-8H2,1-4H3;7,9-10H,5-6,8H2,1-4H3;9-10,12H,5-8H2,1-4H3;5-6,8-10H,7H2,1-4H3;8-9,11-12H,5-7H2,1-4H3;5,7-9H,6H2,1-4H3. The summed E-state index contributed by atoms with van der Waals surface area (Å²) in [6, 6.07) is 0. The zero-order valence-electron chi connectivity index (χ0n) is 52.5. The van der Waals surface area contributed by atoms with Gasteiger partial charge in [0, 0.05) is 49.7 Å². The van der Waals surface area contributed by atoms with Gasteiger partial charge >= 0.3 is 0 Å². The van der Waals surface area contributed by atoms with Gasteiger partial charge in [-0.25, -0.2) is 4.99 Å². The van der Waals surface area contributed by atoms with E-state index in [0.717, 1.165) is 86.6 Å². The summed E-state index contributed by atoms with van der Waals surface area (Å²) in [6.07, 6.45) is 22.5. The number of dihydropyridines is 1. The summed E-state index contributed by atoms with van der Waals surface area (Å²) in [7, 11) is 0. The van der Waals surface area contributed by atoms with E-state index in [-0.39, 0.29) is 11.0 Å². The van der Waals surface area contributed by atoms with Crippen LogP contribution in [0.25, 0.3) is 0 Å². The van der Waals surface area contributed by atoms with Crippen LogP contribution in [-0.2, 0) is 0 Å². The van der Waals surface area contributed by atoms with E-state index in [2.05, 4.69) is 226 Å². The quantitative estimate of drug-likeness (QED) is 0.157. The fourth-order valence-electron chi connectivity index (χ4n) is 13.7. The lowest BCUT2D eigenvalue weighted by Crippen LogP contribution is -2.56. The summed E-state index contributed by atoms with van der Waals surface area (Å²) < 4.78 is 0. The molecule has 3 fully saturated rings. The minimum atomic E-state index is 0.161. The largest absolute Gasteiger partial charge is 0.317 e. The molecule has 6 heterocycles. The molecule has 6 aliphatic heterocycles. The molecule has 6 rings (SSSR count). The van der Waals surface area contributed by atoms with Crippen LogP contribution in [0.3, 0.4) is 0 Å². The number of piperidine rings is 2. The van der Waals surface area contributed by atoms with E-state index in [1.165, 1.54) is 64.6 Å². The molecule has 72 heavy (non-hydrogen) atoms. The average Bonchev–Trinajstić information content (AvgIpc) is 3.35. The van der Waals surface area contributed by atoms with Crippen LogP contribution in [0.5, 0.6) is 0 Å². The zero-order chi connectivity index (χ0) is 55.1. The van der Waals surface area contributed by atoms with Gasteiger partial charge in [0.15, 0.2) is 0 Å². The molecule has 4 N–H and O–H groups in total. The van der Waals surface area contributed by atoms with Crippen molar-refractivity contribution in [2.45, 2.75) is 229 Å². The maximum atomic E-state index is 4.65. The van der Waals surface area contributed by atoms with Gasteiger partial charge < -0.3 is 21.3 Å². The van der Waals surface area contributed by atoms with E-state index in [9.17, 15) is 0 Å². The highest BCUT2D eigenvalue weighted by Gasteiger charge is 2.41. The van der Waals surface area contributed by atoms with E-state index >= 15 is 0 Å². The second-order valence-corrected chi connectivity index (χ2v) is 27.1. The van der Waals surface area contributed by atoms with Crippen molar-refractivity contribution in [2.75, 3.05) is 52.5 Å². The smallest absolute Gasteiger partial charge is 0.109 e.